The maximum Gasteiger partial charge on any atom is 0.0518 e. The molecule has 0 bridgehead atoms. The first-order valence-electron chi connectivity index (χ1n) is 5.52. The summed E-state index contributed by atoms with van der Waals surface area (Å²) in [6, 6.07) is 2.78. The molecule has 1 heterocycles. The van der Waals surface area contributed by atoms with E-state index in [1.165, 1.54) is 25.0 Å². The smallest absolute Gasteiger partial charge is 0.0518 e. The number of thioether (sulfide) groups is 1. The molecule has 84 valence electrons. The fourth-order valence-corrected chi connectivity index (χ4v) is 2.96. The second kappa shape index (κ2) is 5.03. The van der Waals surface area contributed by atoms with Gasteiger partial charge in [0.2, 0.25) is 0 Å². The Balaban J connectivity index is 1.77. The van der Waals surface area contributed by atoms with Gasteiger partial charge in [-0.3, -0.25) is 4.68 Å². The standard InChI is InChI=1S/C11H19N3S/c1-14-10(5-6-13-14)8-12-9-3-4-11(7-9)15-2/h5-6,9,11-12H,3-4,7-8H2,1-2H3. The zero-order chi connectivity index (χ0) is 10.7. The second-order valence-corrected chi connectivity index (χ2v) is 5.33. The summed E-state index contributed by atoms with van der Waals surface area (Å²) < 4.78 is 1.94. The van der Waals surface area contributed by atoms with Gasteiger partial charge in [0.05, 0.1) is 5.69 Å². The predicted molar refractivity (Wildman–Crippen MR) is 65.0 cm³/mol. The van der Waals surface area contributed by atoms with Gasteiger partial charge in [0.1, 0.15) is 0 Å². The Morgan fingerprint density at radius 3 is 3.07 bits per heavy atom. The van der Waals surface area contributed by atoms with Gasteiger partial charge < -0.3 is 5.32 Å². The van der Waals surface area contributed by atoms with Crippen LogP contribution in [0.1, 0.15) is 25.0 Å². The SMILES string of the molecule is CSC1CCC(NCc2ccnn2C)C1. The molecule has 1 saturated carbocycles. The first-order chi connectivity index (χ1) is 7.29. The molecule has 0 radical (unpaired) electrons. The van der Waals surface area contributed by atoms with Crippen LogP contribution >= 0.6 is 11.8 Å². The minimum atomic E-state index is 0.706. The van der Waals surface area contributed by atoms with Crippen LogP contribution in [0.5, 0.6) is 0 Å². The van der Waals surface area contributed by atoms with Gasteiger partial charge in [-0.05, 0) is 31.6 Å². The minimum absolute atomic E-state index is 0.706. The normalized spacial score (nSPS) is 26.0. The predicted octanol–water partition coefficient (Wildman–Crippen LogP) is 1.79. The molecule has 2 unspecified atom stereocenters. The van der Waals surface area contributed by atoms with Crippen LogP contribution in [0.3, 0.4) is 0 Å². The summed E-state index contributed by atoms with van der Waals surface area (Å²) in [5.41, 5.74) is 1.27. The molecule has 3 nitrogen and oxygen atoms in total. The van der Waals surface area contributed by atoms with Crippen molar-refractivity contribution < 1.29 is 0 Å². The molecular formula is C11H19N3S. The van der Waals surface area contributed by atoms with Crippen molar-refractivity contribution in [3.05, 3.63) is 18.0 Å². The van der Waals surface area contributed by atoms with E-state index in [2.05, 4.69) is 22.7 Å². The molecule has 1 fully saturated rings. The van der Waals surface area contributed by atoms with Crippen LogP contribution in [0.25, 0.3) is 0 Å². The minimum Gasteiger partial charge on any atom is -0.308 e. The molecule has 15 heavy (non-hydrogen) atoms. The number of nitrogens with one attached hydrogen (secondary N) is 1. The van der Waals surface area contributed by atoms with Crippen molar-refractivity contribution in [3.63, 3.8) is 0 Å². The first-order valence-corrected chi connectivity index (χ1v) is 6.81. The Morgan fingerprint density at radius 1 is 1.60 bits per heavy atom. The number of aromatic nitrogens is 2. The van der Waals surface area contributed by atoms with Crippen molar-refractivity contribution in [2.45, 2.75) is 37.1 Å². The molecule has 0 saturated heterocycles. The van der Waals surface area contributed by atoms with Crippen molar-refractivity contribution >= 4 is 11.8 Å². The Hall–Kier alpha value is -0.480. The molecule has 4 heteroatoms. The van der Waals surface area contributed by atoms with E-state index in [-0.39, 0.29) is 0 Å². The summed E-state index contributed by atoms with van der Waals surface area (Å²) in [6.45, 7) is 0.947. The fraction of sp³-hybridized carbons (Fsp3) is 0.727. The molecule has 2 atom stereocenters. The van der Waals surface area contributed by atoms with Crippen molar-refractivity contribution in [2.75, 3.05) is 6.26 Å². The lowest BCUT2D eigenvalue weighted by Crippen LogP contribution is -2.27. The molecule has 1 aromatic heterocycles. The number of nitrogens with zero attached hydrogens (tertiary/aromatic N) is 2. The molecule has 0 aromatic carbocycles. The molecule has 0 spiro atoms. The molecule has 2 rings (SSSR count). The number of aryl methyl sites for hydroxylation is 1. The summed E-state index contributed by atoms with van der Waals surface area (Å²) in [5, 5.41) is 8.65. The third-order valence-corrected chi connectivity index (χ3v) is 4.31. The van der Waals surface area contributed by atoms with E-state index in [0.717, 1.165) is 11.8 Å². The van der Waals surface area contributed by atoms with Gasteiger partial charge in [-0.25, -0.2) is 0 Å². The van der Waals surface area contributed by atoms with Crippen molar-refractivity contribution in [1.82, 2.24) is 15.1 Å². The van der Waals surface area contributed by atoms with Crippen LogP contribution in [0, 0.1) is 0 Å². The molecule has 1 N–H and O–H groups in total. The average molecular weight is 225 g/mol. The summed E-state index contributed by atoms with van der Waals surface area (Å²) in [7, 11) is 2.00. The zero-order valence-electron chi connectivity index (χ0n) is 9.44. The van der Waals surface area contributed by atoms with Crippen LogP contribution in [-0.4, -0.2) is 27.3 Å². The van der Waals surface area contributed by atoms with Gasteiger partial charge in [-0.2, -0.15) is 16.9 Å². The lowest BCUT2D eigenvalue weighted by Gasteiger charge is -2.12. The lowest BCUT2D eigenvalue weighted by atomic mass is 10.2. The molecule has 1 aromatic rings. The molecule has 1 aliphatic rings. The summed E-state index contributed by atoms with van der Waals surface area (Å²) in [4.78, 5) is 0. The summed E-state index contributed by atoms with van der Waals surface area (Å²) in [5.74, 6) is 0. The molecular weight excluding hydrogens is 206 g/mol. The van der Waals surface area contributed by atoms with E-state index in [1.807, 2.05) is 29.7 Å². The highest BCUT2D eigenvalue weighted by Crippen LogP contribution is 2.28. The highest BCUT2D eigenvalue weighted by molar-refractivity contribution is 7.99. The maximum atomic E-state index is 4.17. The Morgan fingerprint density at radius 2 is 2.47 bits per heavy atom. The van der Waals surface area contributed by atoms with E-state index < -0.39 is 0 Å². The lowest BCUT2D eigenvalue weighted by molar-refractivity contribution is 0.508. The third kappa shape index (κ3) is 2.75. The topological polar surface area (TPSA) is 29.9 Å². The van der Waals surface area contributed by atoms with E-state index in [1.54, 1.807) is 0 Å². The summed E-state index contributed by atoms with van der Waals surface area (Å²) in [6.07, 6.45) is 8.08. The van der Waals surface area contributed by atoms with E-state index in [0.29, 0.717) is 6.04 Å². The van der Waals surface area contributed by atoms with Crippen molar-refractivity contribution in [1.29, 1.82) is 0 Å². The highest BCUT2D eigenvalue weighted by Gasteiger charge is 2.23. The quantitative estimate of drug-likeness (QED) is 0.847. The van der Waals surface area contributed by atoms with Crippen LogP contribution in [0.15, 0.2) is 12.3 Å². The van der Waals surface area contributed by atoms with Crippen molar-refractivity contribution in [3.8, 4) is 0 Å². The molecule has 0 aliphatic heterocycles. The van der Waals surface area contributed by atoms with Crippen molar-refractivity contribution in [2.24, 2.45) is 7.05 Å². The summed E-state index contributed by atoms with van der Waals surface area (Å²) >= 11 is 2.01. The number of rotatable bonds is 4. The van der Waals surface area contributed by atoms with Gasteiger partial charge in [-0.15, -0.1) is 0 Å². The first kappa shape index (κ1) is 11.0. The van der Waals surface area contributed by atoms with Crippen LogP contribution in [0.2, 0.25) is 0 Å². The van der Waals surface area contributed by atoms with Crippen LogP contribution in [0.4, 0.5) is 0 Å². The van der Waals surface area contributed by atoms with E-state index >= 15 is 0 Å². The Labute approximate surface area is 95.6 Å². The second-order valence-electron chi connectivity index (χ2n) is 4.19. The van der Waals surface area contributed by atoms with Gasteiger partial charge in [-0.1, -0.05) is 0 Å². The highest BCUT2D eigenvalue weighted by atomic mass is 32.2. The third-order valence-electron chi connectivity index (χ3n) is 3.21. The van der Waals surface area contributed by atoms with Gasteiger partial charge in [0.25, 0.3) is 0 Å². The number of hydrogen-bond donors (Lipinski definition) is 1. The number of hydrogen-bond acceptors (Lipinski definition) is 3. The van der Waals surface area contributed by atoms with Gasteiger partial charge in [0, 0.05) is 31.1 Å². The van der Waals surface area contributed by atoms with Gasteiger partial charge >= 0.3 is 0 Å². The van der Waals surface area contributed by atoms with Crippen LogP contribution < -0.4 is 5.32 Å². The maximum absolute atomic E-state index is 4.17. The van der Waals surface area contributed by atoms with E-state index in [4.69, 9.17) is 0 Å². The largest absolute Gasteiger partial charge is 0.308 e. The molecule has 0 amide bonds. The fourth-order valence-electron chi connectivity index (χ4n) is 2.16. The Kier molecular flexibility index (Phi) is 3.70. The Bertz CT molecular complexity index is 311. The average Bonchev–Trinajstić information content (AvgIpc) is 2.84. The molecule has 1 aliphatic carbocycles. The zero-order valence-corrected chi connectivity index (χ0v) is 10.3. The van der Waals surface area contributed by atoms with Crippen LogP contribution in [-0.2, 0) is 13.6 Å². The monoisotopic (exact) mass is 225 g/mol. The van der Waals surface area contributed by atoms with Gasteiger partial charge in [0.15, 0.2) is 0 Å². The van der Waals surface area contributed by atoms with E-state index in [9.17, 15) is 0 Å².